The fourth-order valence-corrected chi connectivity index (χ4v) is 6.12. The number of carboxylic acid groups (broad SMARTS) is 1. The van der Waals surface area contributed by atoms with Crippen molar-refractivity contribution in [2.45, 2.75) is 45.2 Å². The number of hydrogen-bond acceptors (Lipinski definition) is 4. The Labute approximate surface area is 239 Å². The Kier molecular flexibility index (Phi) is 10.1. The Bertz CT molecular complexity index is 1360. The molecule has 1 unspecified atom stereocenters. The van der Waals surface area contributed by atoms with Crippen molar-refractivity contribution in [3.05, 3.63) is 69.3 Å². The van der Waals surface area contributed by atoms with Gasteiger partial charge in [-0.2, -0.15) is 0 Å². The predicted molar refractivity (Wildman–Crippen MR) is 154 cm³/mol. The Morgan fingerprint density at radius 1 is 1.23 bits per heavy atom. The van der Waals surface area contributed by atoms with Gasteiger partial charge in [0.1, 0.15) is 11.9 Å². The molecule has 0 aliphatic carbocycles. The van der Waals surface area contributed by atoms with Crippen LogP contribution in [0, 0.1) is 30.6 Å². The van der Waals surface area contributed by atoms with Crippen molar-refractivity contribution >= 4 is 40.1 Å². The lowest BCUT2D eigenvalue weighted by Gasteiger charge is -2.38. The minimum atomic E-state index is -1.14. The third kappa shape index (κ3) is 7.63. The van der Waals surface area contributed by atoms with Crippen LogP contribution in [0.2, 0.25) is 10.0 Å². The Balaban J connectivity index is 1.41. The summed E-state index contributed by atoms with van der Waals surface area (Å²) in [5.74, 6) is 6.68. The van der Waals surface area contributed by atoms with E-state index in [4.69, 9.17) is 27.9 Å². The number of alkyl halides is 1. The monoisotopic (exact) mass is 570 g/mol. The van der Waals surface area contributed by atoms with Gasteiger partial charge in [-0.25, -0.2) is 4.39 Å². The SMILES string of the molecule is COc1ccc2nccc(C(F)CC[C@@H]3CCN(CC#Cc4c(C)cc(Cl)cc4Cl)C[C@@H]3CCC(=O)O)c2c1. The summed E-state index contributed by atoms with van der Waals surface area (Å²) in [5, 5.41) is 11.2. The average molecular weight is 572 g/mol. The highest BCUT2D eigenvalue weighted by molar-refractivity contribution is 6.35. The minimum Gasteiger partial charge on any atom is -0.497 e. The van der Waals surface area contributed by atoms with Gasteiger partial charge < -0.3 is 9.84 Å². The van der Waals surface area contributed by atoms with Crippen LogP contribution in [0.3, 0.4) is 0 Å². The van der Waals surface area contributed by atoms with E-state index in [0.717, 1.165) is 41.5 Å². The number of aryl methyl sites for hydroxylation is 1. The molecule has 1 aliphatic rings. The number of carboxylic acids is 1. The van der Waals surface area contributed by atoms with E-state index in [1.807, 2.05) is 31.2 Å². The summed E-state index contributed by atoms with van der Waals surface area (Å²) in [6, 6.07) is 10.8. The van der Waals surface area contributed by atoms with Gasteiger partial charge in [0.2, 0.25) is 0 Å². The summed E-state index contributed by atoms with van der Waals surface area (Å²) in [5.41, 5.74) is 3.05. The first-order valence-corrected chi connectivity index (χ1v) is 14.0. The molecule has 3 atom stereocenters. The summed E-state index contributed by atoms with van der Waals surface area (Å²) >= 11 is 12.4. The number of pyridine rings is 1. The number of likely N-dealkylation sites (tertiary alicyclic amines) is 1. The van der Waals surface area contributed by atoms with Crippen LogP contribution in [0.5, 0.6) is 5.75 Å². The molecule has 1 saturated heterocycles. The second kappa shape index (κ2) is 13.5. The summed E-state index contributed by atoms with van der Waals surface area (Å²) in [6.07, 6.45) is 3.12. The summed E-state index contributed by atoms with van der Waals surface area (Å²) in [4.78, 5) is 18.0. The van der Waals surface area contributed by atoms with Crippen LogP contribution in [0.1, 0.15) is 55.0 Å². The van der Waals surface area contributed by atoms with E-state index < -0.39 is 12.1 Å². The minimum absolute atomic E-state index is 0.105. The highest BCUT2D eigenvalue weighted by atomic mass is 35.5. The summed E-state index contributed by atoms with van der Waals surface area (Å²) in [6.45, 7) is 4.07. The van der Waals surface area contributed by atoms with Crippen LogP contribution in [-0.4, -0.2) is 47.7 Å². The maximum absolute atomic E-state index is 15.6. The molecular weight excluding hydrogens is 538 g/mol. The van der Waals surface area contributed by atoms with Crippen molar-refractivity contribution in [2.75, 3.05) is 26.7 Å². The number of methoxy groups -OCH3 is 1. The number of carbonyl (C=O) groups is 1. The lowest BCUT2D eigenvalue weighted by Crippen LogP contribution is -2.41. The van der Waals surface area contributed by atoms with Gasteiger partial charge in [-0.05, 0) is 98.5 Å². The molecule has 4 rings (SSSR count). The van der Waals surface area contributed by atoms with E-state index >= 15 is 4.39 Å². The second-order valence-electron chi connectivity index (χ2n) is 10.2. The molecule has 3 aromatic rings. The number of aromatic nitrogens is 1. The zero-order valence-electron chi connectivity index (χ0n) is 22.2. The molecule has 0 amide bonds. The van der Waals surface area contributed by atoms with Crippen LogP contribution in [-0.2, 0) is 4.79 Å². The van der Waals surface area contributed by atoms with Gasteiger partial charge in [0.15, 0.2) is 0 Å². The smallest absolute Gasteiger partial charge is 0.303 e. The van der Waals surface area contributed by atoms with Gasteiger partial charge in [0.25, 0.3) is 0 Å². The van der Waals surface area contributed by atoms with Gasteiger partial charge in [-0.3, -0.25) is 14.7 Å². The number of rotatable bonds is 9. The van der Waals surface area contributed by atoms with Gasteiger partial charge in [0, 0.05) is 35.1 Å². The number of halogens is 3. The molecule has 5 nitrogen and oxygen atoms in total. The first kappa shape index (κ1) is 29.1. The number of ether oxygens (including phenoxy) is 1. The standard InChI is InChI=1S/C31H33Cl2FN2O3/c1-20-16-23(32)17-28(33)25(20)4-3-14-36-15-12-21(22(19-36)6-10-31(37)38)5-8-29(34)26-11-13-35-30-9-7-24(39-2)18-27(26)30/h7,9,11,13,16-18,21-22,29H,5-6,8,10,12,14-15,19H2,1-2H3,(H,37,38)/t21-,22+,29?/m1/s1. The molecule has 2 aromatic carbocycles. The predicted octanol–water partition coefficient (Wildman–Crippen LogP) is 7.50. The topological polar surface area (TPSA) is 62.7 Å². The van der Waals surface area contributed by atoms with E-state index in [9.17, 15) is 9.90 Å². The molecule has 0 saturated carbocycles. The molecule has 1 fully saturated rings. The van der Waals surface area contributed by atoms with Crippen LogP contribution >= 0.6 is 23.2 Å². The number of hydrogen-bond donors (Lipinski definition) is 1. The van der Waals surface area contributed by atoms with E-state index in [0.29, 0.717) is 47.2 Å². The number of nitrogens with zero attached hydrogens (tertiary/aromatic N) is 2. The number of fused-ring (bicyclic) bond motifs is 1. The molecule has 1 aromatic heterocycles. The molecule has 1 N–H and O–H groups in total. The molecule has 39 heavy (non-hydrogen) atoms. The van der Waals surface area contributed by atoms with Crippen molar-refractivity contribution < 1.29 is 19.0 Å². The molecule has 206 valence electrons. The van der Waals surface area contributed by atoms with E-state index in [2.05, 4.69) is 21.7 Å². The van der Waals surface area contributed by atoms with Gasteiger partial charge >= 0.3 is 5.97 Å². The van der Waals surface area contributed by atoms with Crippen LogP contribution in [0.4, 0.5) is 4.39 Å². The molecule has 1 aliphatic heterocycles. The highest BCUT2D eigenvalue weighted by Crippen LogP contribution is 2.36. The Morgan fingerprint density at radius 2 is 2.05 bits per heavy atom. The van der Waals surface area contributed by atoms with E-state index in [-0.39, 0.29) is 18.3 Å². The molecule has 2 heterocycles. The van der Waals surface area contributed by atoms with Crippen molar-refractivity contribution in [1.82, 2.24) is 9.88 Å². The van der Waals surface area contributed by atoms with E-state index in [1.165, 1.54) is 0 Å². The van der Waals surface area contributed by atoms with E-state index in [1.54, 1.807) is 25.4 Å². The van der Waals surface area contributed by atoms with Crippen LogP contribution in [0.15, 0.2) is 42.6 Å². The largest absolute Gasteiger partial charge is 0.497 e. The fourth-order valence-electron chi connectivity index (χ4n) is 5.48. The molecular formula is C31H33Cl2FN2O3. The van der Waals surface area contributed by atoms with Crippen molar-refractivity contribution in [3.8, 4) is 17.6 Å². The maximum Gasteiger partial charge on any atom is 0.303 e. The summed E-state index contributed by atoms with van der Waals surface area (Å²) in [7, 11) is 1.59. The van der Waals surface area contributed by atoms with Crippen molar-refractivity contribution in [1.29, 1.82) is 0 Å². The molecule has 8 heteroatoms. The van der Waals surface area contributed by atoms with Gasteiger partial charge in [0.05, 0.1) is 24.2 Å². The highest BCUT2D eigenvalue weighted by Gasteiger charge is 2.30. The number of aliphatic carboxylic acids is 1. The maximum atomic E-state index is 15.6. The zero-order valence-corrected chi connectivity index (χ0v) is 23.7. The first-order chi connectivity index (χ1) is 18.7. The molecule has 0 spiro atoms. The third-order valence-corrected chi connectivity index (χ3v) is 8.10. The number of benzene rings is 2. The van der Waals surface area contributed by atoms with Crippen molar-refractivity contribution in [3.63, 3.8) is 0 Å². The number of piperidine rings is 1. The van der Waals surface area contributed by atoms with Gasteiger partial charge in [-0.15, -0.1) is 0 Å². The normalized spacial score (nSPS) is 18.4. The Hall–Kier alpha value is -2.85. The first-order valence-electron chi connectivity index (χ1n) is 13.2. The Morgan fingerprint density at radius 3 is 2.79 bits per heavy atom. The quantitative estimate of drug-likeness (QED) is 0.270. The fraction of sp³-hybridized carbons (Fsp3) is 0.419. The molecule has 0 radical (unpaired) electrons. The van der Waals surface area contributed by atoms with Crippen LogP contribution < -0.4 is 4.74 Å². The van der Waals surface area contributed by atoms with Crippen LogP contribution in [0.25, 0.3) is 10.9 Å². The average Bonchev–Trinajstić information content (AvgIpc) is 2.91. The lowest BCUT2D eigenvalue weighted by atomic mass is 9.79. The third-order valence-electron chi connectivity index (χ3n) is 7.58. The summed E-state index contributed by atoms with van der Waals surface area (Å²) < 4.78 is 20.9. The lowest BCUT2D eigenvalue weighted by molar-refractivity contribution is -0.137. The van der Waals surface area contributed by atoms with Crippen molar-refractivity contribution in [2.24, 2.45) is 11.8 Å². The second-order valence-corrected chi connectivity index (χ2v) is 11.0. The zero-order chi connectivity index (χ0) is 27.9. The molecule has 0 bridgehead atoms. The van der Waals surface area contributed by atoms with Gasteiger partial charge in [-0.1, -0.05) is 35.0 Å².